The minimum atomic E-state index is -0.401. The SMILES string of the molecule is c1ccc(C2N=C(c3ccc4c(c3)c3ccccc3n4-c3ccccc3)NC(c3cc4oc5ccc6ccccc6c5c4cc3-n3c4cc5ccccc5cc4c4c5ccccc5ccc43)N2)cc1. The second kappa shape index (κ2) is 14.8. The Morgan fingerprint density at radius 2 is 1.04 bits per heavy atom. The minimum Gasteiger partial charge on any atom is -0.456 e. The lowest BCUT2D eigenvalue weighted by molar-refractivity contribution is 0.408. The molecule has 0 aliphatic carbocycles. The molecule has 11 aromatic carbocycles. The molecule has 0 amide bonds. The van der Waals surface area contributed by atoms with Crippen LogP contribution in [-0.4, -0.2) is 15.0 Å². The van der Waals surface area contributed by atoms with Crippen molar-refractivity contribution in [2.45, 2.75) is 12.3 Å². The highest BCUT2D eigenvalue weighted by atomic mass is 16.3. The lowest BCUT2D eigenvalue weighted by atomic mass is 10.00. The fraction of sp³-hybridized carbons (Fsp3) is 0.0317. The number of para-hydroxylation sites is 2. The van der Waals surface area contributed by atoms with E-state index in [1.165, 1.54) is 59.4 Å². The van der Waals surface area contributed by atoms with Crippen LogP contribution in [0.4, 0.5) is 0 Å². The van der Waals surface area contributed by atoms with Gasteiger partial charge in [0.2, 0.25) is 0 Å². The van der Waals surface area contributed by atoms with Gasteiger partial charge in [-0.05, 0) is 111 Å². The Labute approximate surface area is 396 Å². The average molecular weight is 884 g/mol. The van der Waals surface area contributed by atoms with Gasteiger partial charge in [0, 0.05) is 49.1 Å². The van der Waals surface area contributed by atoms with Crippen LogP contribution >= 0.6 is 0 Å². The van der Waals surface area contributed by atoms with Gasteiger partial charge in [-0.1, -0.05) is 152 Å². The van der Waals surface area contributed by atoms with E-state index in [-0.39, 0.29) is 6.17 Å². The molecule has 0 spiro atoms. The molecule has 2 unspecified atom stereocenters. The first kappa shape index (κ1) is 38.2. The molecular formula is C63H41N5O. The molecular weight excluding hydrogens is 843 g/mol. The lowest BCUT2D eigenvalue weighted by Crippen LogP contribution is -2.45. The molecule has 15 rings (SSSR count). The summed E-state index contributed by atoms with van der Waals surface area (Å²) in [6, 6.07) is 81.0. The van der Waals surface area contributed by atoms with Crippen LogP contribution in [0.25, 0.3) is 109 Å². The van der Waals surface area contributed by atoms with Crippen molar-refractivity contribution in [1.29, 1.82) is 0 Å². The van der Waals surface area contributed by atoms with Gasteiger partial charge in [0.05, 0.1) is 27.8 Å². The third-order valence-electron chi connectivity index (χ3n) is 14.5. The van der Waals surface area contributed by atoms with E-state index in [0.29, 0.717) is 0 Å². The predicted molar refractivity (Wildman–Crippen MR) is 286 cm³/mol. The van der Waals surface area contributed by atoms with Gasteiger partial charge in [-0.2, -0.15) is 0 Å². The molecule has 0 saturated carbocycles. The zero-order valence-electron chi connectivity index (χ0n) is 37.3. The zero-order valence-corrected chi connectivity index (χ0v) is 37.3. The molecule has 0 bridgehead atoms. The number of nitrogens with zero attached hydrogens (tertiary/aromatic N) is 3. The quantitative estimate of drug-likeness (QED) is 0.181. The van der Waals surface area contributed by atoms with Crippen LogP contribution in [-0.2, 0) is 0 Å². The maximum absolute atomic E-state index is 6.91. The summed E-state index contributed by atoms with van der Waals surface area (Å²) in [6.45, 7) is 0. The van der Waals surface area contributed by atoms with Gasteiger partial charge in [0.25, 0.3) is 0 Å². The Morgan fingerprint density at radius 1 is 0.406 bits per heavy atom. The second-order valence-corrected chi connectivity index (χ2v) is 18.4. The summed E-state index contributed by atoms with van der Waals surface area (Å²) in [7, 11) is 0. The molecule has 3 aromatic heterocycles. The molecule has 69 heavy (non-hydrogen) atoms. The van der Waals surface area contributed by atoms with Crippen LogP contribution in [0.2, 0.25) is 0 Å². The molecule has 1 aliphatic rings. The molecule has 2 N–H and O–H groups in total. The summed E-state index contributed by atoms with van der Waals surface area (Å²) in [6.07, 6.45) is -0.759. The van der Waals surface area contributed by atoms with Crippen molar-refractivity contribution >= 4 is 104 Å². The monoisotopic (exact) mass is 883 g/mol. The van der Waals surface area contributed by atoms with Crippen LogP contribution in [0.1, 0.15) is 29.0 Å². The number of hydrogen-bond donors (Lipinski definition) is 2. The van der Waals surface area contributed by atoms with E-state index in [4.69, 9.17) is 9.41 Å². The first-order valence-electron chi connectivity index (χ1n) is 23.7. The third-order valence-corrected chi connectivity index (χ3v) is 14.5. The summed E-state index contributed by atoms with van der Waals surface area (Å²) < 4.78 is 11.8. The predicted octanol–water partition coefficient (Wildman–Crippen LogP) is 15.6. The highest BCUT2D eigenvalue weighted by Crippen LogP contribution is 2.44. The molecule has 0 saturated heterocycles. The molecule has 4 heterocycles. The molecule has 1 aliphatic heterocycles. The highest BCUT2D eigenvalue weighted by molar-refractivity contribution is 6.24. The average Bonchev–Trinajstić information content (AvgIpc) is 4.07. The summed E-state index contributed by atoms with van der Waals surface area (Å²) in [5.74, 6) is 0.812. The fourth-order valence-electron chi connectivity index (χ4n) is 11.4. The highest BCUT2D eigenvalue weighted by Gasteiger charge is 2.31. The van der Waals surface area contributed by atoms with Gasteiger partial charge in [-0.25, -0.2) is 4.99 Å². The van der Waals surface area contributed by atoms with Gasteiger partial charge in [0.1, 0.15) is 29.3 Å². The minimum absolute atomic E-state index is 0.358. The van der Waals surface area contributed by atoms with Crippen molar-refractivity contribution < 1.29 is 4.42 Å². The van der Waals surface area contributed by atoms with Crippen molar-refractivity contribution in [2.24, 2.45) is 4.99 Å². The second-order valence-electron chi connectivity index (χ2n) is 18.4. The molecule has 6 heteroatoms. The summed E-state index contributed by atoms with van der Waals surface area (Å²) in [4.78, 5) is 5.50. The van der Waals surface area contributed by atoms with Gasteiger partial charge in [-0.3, -0.25) is 5.32 Å². The number of aromatic nitrogens is 2. The van der Waals surface area contributed by atoms with Crippen molar-refractivity contribution in [2.75, 3.05) is 0 Å². The van der Waals surface area contributed by atoms with E-state index in [0.717, 1.165) is 72.4 Å². The maximum atomic E-state index is 6.91. The van der Waals surface area contributed by atoms with E-state index >= 15 is 0 Å². The van der Waals surface area contributed by atoms with Crippen molar-refractivity contribution in [3.05, 3.63) is 241 Å². The van der Waals surface area contributed by atoms with Crippen molar-refractivity contribution in [3.8, 4) is 11.4 Å². The third kappa shape index (κ3) is 5.79. The van der Waals surface area contributed by atoms with E-state index in [9.17, 15) is 0 Å². The normalized spacial score (nSPS) is 15.4. The summed E-state index contributed by atoms with van der Waals surface area (Å²) in [5, 5.41) is 22.2. The number of amidine groups is 1. The van der Waals surface area contributed by atoms with Crippen LogP contribution < -0.4 is 10.6 Å². The lowest BCUT2D eigenvalue weighted by Gasteiger charge is -2.33. The zero-order chi connectivity index (χ0) is 45.2. The van der Waals surface area contributed by atoms with E-state index in [1.54, 1.807) is 0 Å². The molecule has 6 nitrogen and oxygen atoms in total. The number of hydrogen-bond acceptors (Lipinski definition) is 4. The van der Waals surface area contributed by atoms with Crippen molar-refractivity contribution in [3.63, 3.8) is 0 Å². The van der Waals surface area contributed by atoms with Crippen LogP contribution in [0, 0.1) is 0 Å². The van der Waals surface area contributed by atoms with E-state index < -0.39 is 6.17 Å². The number of rotatable bonds is 5. The first-order valence-corrected chi connectivity index (χ1v) is 23.7. The number of fused-ring (bicyclic) bond motifs is 14. The number of nitrogens with one attached hydrogen (secondary N) is 2. The standard InChI is InChI=1S/C63H41N5O/c1-3-17-40(18-4-1)61-64-62(43-28-30-53-48(34-43)47-25-13-14-26-52(47)67(53)44-21-5-2-6-22-44)66-63(65-61)50-37-58-51(60-46-24-12-10-16-39(46)29-32-57(60)69-58)36-56(50)68-54-31-27-38-15-9-11-23-45(38)59(54)49-33-41-19-7-8-20-42(41)35-55(49)68/h1-37,61,63,65H,(H,64,66). The topological polar surface area (TPSA) is 59.4 Å². The molecule has 2 atom stereocenters. The van der Waals surface area contributed by atoms with Crippen LogP contribution in [0.5, 0.6) is 0 Å². The fourth-order valence-corrected chi connectivity index (χ4v) is 11.4. The largest absolute Gasteiger partial charge is 0.456 e. The Morgan fingerprint density at radius 3 is 1.84 bits per heavy atom. The Balaban J connectivity index is 1.00. The number of furan rings is 1. The van der Waals surface area contributed by atoms with Gasteiger partial charge >= 0.3 is 0 Å². The molecule has 14 aromatic rings. The van der Waals surface area contributed by atoms with Crippen LogP contribution in [0.3, 0.4) is 0 Å². The van der Waals surface area contributed by atoms with Crippen molar-refractivity contribution in [1.82, 2.24) is 19.8 Å². The van der Waals surface area contributed by atoms with Gasteiger partial charge in [0.15, 0.2) is 0 Å². The van der Waals surface area contributed by atoms with Gasteiger partial charge in [-0.15, -0.1) is 0 Å². The first-order chi connectivity index (χ1) is 34.2. The van der Waals surface area contributed by atoms with Gasteiger partial charge < -0.3 is 18.9 Å². The van der Waals surface area contributed by atoms with Crippen LogP contribution in [0.15, 0.2) is 234 Å². The Bertz CT molecular complexity index is 4450. The number of benzene rings is 11. The number of aliphatic imine (C=N–C) groups is 1. The molecule has 0 radical (unpaired) electrons. The Hall–Kier alpha value is -8.97. The Kier molecular flexibility index (Phi) is 8.17. The molecule has 0 fully saturated rings. The summed E-state index contributed by atoms with van der Waals surface area (Å²) in [5.41, 5.74) is 11.6. The molecule has 324 valence electrons. The van der Waals surface area contributed by atoms with E-state index in [1.807, 2.05) is 0 Å². The van der Waals surface area contributed by atoms with E-state index in [2.05, 4.69) is 244 Å². The smallest absolute Gasteiger partial charge is 0.136 e. The summed E-state index contributed by atoms with van der Waals surface area (Å²) >= 11 is 0. The maximum Gasteiger partial charge on any atom is 0.136 e.